The SMILES string of the molecule is c1c[nH]c(CNCC2CCCN2CC2CCCCC2)n1. The molecule has 1 aliphatic heterocycles. The lowest BCUT2D eigenvalue weighted by atomic mass is 9.89. The van der Waals surface area contributed by atoms with Gasteiger partial charge in [-0.3, -0.25) is 4.90 Å². The molecule has 0 radical (unpaired) electrons. The molecule has 2 N–H and O–H groups in total. The highest BCUT2D eigenvalue weighted by atomic mass is 15.2. The minimum Gasteiger partial charge on any atom is -0.348 e. The molecule has 112 valence electrons. The number of hydrogen-bond acceptors (Lipinski definition) is 3. The first kappa shape index (κ1) is 14.1. The van der Waals surface area contributed by atoms with Gasteiger partial charge in [0.2, 0.25) is 0 Å². The fraction of sp³-hybridized carbons (Fsp3) is 0.812. The van der Waals surface area contributed by atoms with Crippen LogP contribution in [0, 0.1) is 5.92 Å². The Morgan fingerprint density at radius 1 is 1.20 bits per heavy atom. The molecule has 1 aliphatic carbocycles. The van der Waals surface area contributed by atoms with Crippen LogP contribution >= 0.6 is 0 Å². The van der Waals surface area contributed by atoms with E-state index in [9.17, 15) is 0 Å². The van der Waals surface area contributed by atoms with Gasteiger partial charge in [-0.15, -0.1) is 0 Å². The Balaban J connectivity index is 1.40. The number of aromatic nitrogens is 2. The molecule has 4 nitrogen and oxygen atoms in total. The van der Waals surface area contributed by atoms with Crippen molar-refractivity contribution in [3.05, 3.63) is 18.2 Å². The maximum absolute atomic E-state index is 4.26. The molecule has 1 saturated heterocycles. The number of rotatable bonds is 6. The fourth-order valence-corrected chi connectivity index (χ4v) is 3.82. The van der Waals surface area contributed by atoms with E-state index in [0.29, 0.717) is 0 Å². The molecule has 0 spiro atoms. The minimum atomic E-state index is 0.742. The second kappa shape index (κ2) is 7.23. The van der Waals surface area contributed by atoms with E-state index in [-0.39, 0.29) is 0 Å². The van der Waals surface area contributed by atoms with E-state index in [0.717, 1.165) is 30.9 Å². The Bertz CT molecular complexity index is 370. The first-order valence-corrected chi connectivity index (χ1v) is 8.35. The summed E-state index contributed by atoms with van der Waals surface area (Å²) >= 11 is 0. The van der Waals surface area contributed by atoms with E-state index in [1.807, 2.05) is 12.4 Å². The molecule has 1 aromatic rings. The topological polar surface area (TPSA) is 44.0 Å². The Kier molecular flexibility index (Phi) is 5.09. The third-order valence-corrected chi connectivity index (χ3v) is 4.94. The van der Waals surface area contributed by atoms with Gasteiger partial charge in [-0.1, -0.05) is 19.3 Å². The van der Waals surface area contributed by atoms with Crippen molar-refractivity contribution in [1.82, 2.24) is 20.2 Å². The van der Waals surface area contributed by atoms with Crippen molar-refractivity contribution < 1.29 is 0 Å². The highest BCUT2D eigenvalue weighted by molar-refractivity contribution is 4.88. The smallest absolute Gasteiger partial charge is 0.120 e. The van der Waals surface area contributed by atoms with Gasteiger partial charge in [-0.05, 0) is 38.1 Å². The Hall–Kier alpha value is -0.870. The van der Waals surface area contributed by atoms with Crippen LogP contribution in [-0.4, -0.2) is 40.5 Å². The normalized spacial score (nSPS) is 25.3. The Labute approximate surface area is 122 Å². The maximum atomic E-state index is 4.26. The minimum absolute atomic E-state index is 0.742. The molecule has 1 unspecified atom stereocenters. The summed E-state index contributed by atoms with van der Waals surface area (Å²) in [6.07, 6.45) is 13.7. The molecule has 2 fully saturated rings. The van der Waals surface area contributed by atoms with E-state index in [2.05, 4.69) is 20.2 Å². The van der Waals surface area contributed by atoms with Crippen molar-refractivity contribution in [3.8, 4) is 0 Å². The number of aromatic amines is 1. The summed E-state index contributed by atoms with van der Waals surface area (Å²) in [6, 6.07) is 0.742. The van der Waals surface area contributed by atoms with Crippen molar-refractivity contribution in [1.29, 1.82) is 0 Å². The molecule has 2 aliphatic rings. The Morgan fingerprint density at radius 3 is 2.90 bits per heavy atom. The quantitative estimate of drug-likeness (QED) is 0.839. The van der Waals surface area contributed by atoms with Gasteiger partial charge in [0.15, 0.2) is 0 Å². The van der Waals surface area contributed by atoms with Gasteiger partial charge in [0, 0.05) is 31.5 Å². The molecule has 4 heteroatoms. The van der Waals surface area contributed by atoms with Crippen LogP contribution in [0.2, 0.25) is 0 Å². The summed E-state index contributed by atoms with van der Waals surface area (Å²) in [5.74, 6) is 2.01. The van der Waals surface area contributed by atoms with Crippen molar-refractivity contribution in [2.75, 3.05) is 19.6 Å². The van der Waals surface area contributed by atoms with Gasteiger partial charge in [0.1, 0.15) is 5.82 Å². The van der Waals surface area contributed by atoms with Crippen LogP contribution in [-0.2, 0) is 6.54 Å². The van der Waals surface area contributed by atoms with Gasteiger partial charge in [0.25, 0.3) is 0 Å². The molecule has 3 rings (SSSR count). The molecular formula is C16H28N4. The number of imidazole rings is 1. The summed E-state index contributed by atoms with van der Waals surface area (Å²) in [4.78, 5) is 10.2. The summed E-state index contributed by atoms with van der Waals surface area (Å²) in [6.45, 7) is 4.62. The van der Waals surface area contributed by atoms with Gasteiger partial charge >= 0.3 is 0 Å². The molecule has 1 aromatic heterocycles. The second-order valence-corrected chi connectivity index (χ2v) is 6.46. The molecule has 20 heavy (non-hydrogen) atoms. The Morgan fingerprint density at radius 2 is 2.10 bits per heavy atom. The number of hydrogen-bond donors (Lipinski definition) is 2. The van der Waals surface area contributed by atoms with Crippen molar-refractivity contribution in [2.45, 2.75) is 57.5 Å². The van der Waals surface area contributed by atoms with Crippen LogP contribution in [0.5, 0.6) is 0 Å². The number of nitrogens with zero attached hydrogens (tertiary/aromatic N) is 2. The average Bonchev–Trinajstić information content (AvgIpc) is 3.13. The lowest BCUT2D eigenvalue weighted by Gasteiger charge is -2.31. The molecule has 2 heterocycles. The summed E-state index contributed by atoms with van der Waals surface area (Å²) < 4.78 is 0. The first-order valence-electron chi connectivity index (χ1n) is 8.35. The lowest BCUT2D eigenvalue weighted by molar-refractivity contribution is 0.184. The standard InChI is InChI=1S/C16H28N4/c1-2-5-14(6-3-1)13-20-10-4-7-15(20)11-17-12-16-18-8-9-19-16/h8-9,14-15,17H,1-7,10-13H2,(H,18,19). The van der Waals surface area contributed by atoms with Crippen LogP contribution in [0.25, 0.3) is 0 Å². The van der Waals surface area contributed by atoms with Crippen LogP contribution in [0.4, 0.5) is 0 Å². The van der Waals surface area contributed by atoms with Crippen LogP contribution in [0.15, 0.2) is 12.4 Å². The van der Waals surface area contributed by atoms with E-state index in [1.54, 1.807) is 0 Å². The predicted octanol–water partition coefficient (Wildman–Crippen LogP) is 2.54. The number of likely N-dealkylation sites (tertiary alicyclic amines) is 1. The molecule has 1 atom stereocenters. The predicted molar refractivity (Wildman–Crippen MR) is 81.5 cm³/mol. The van der Waals surface area contributed by atoms with Crippen molar-refractivity contribution in [2.24, 2.45) is 5.92 Å². The van der Waals surface area contributed by atoms with E-state index in [1.165, 1.54) is 58.0 Å². The monoisotopic (exact) mass is 276 g/mol. The van der Waals surface area contributed by atoms with E-state index in [4.69, 9.17) is 0 Å². The van der Waals surface area contributed by atoms with Crippen LogP contribution in [0.1, 0.15) is 50.8 Å². The zero-order valence-electron chi connectivity index (χ0n) is 12.5. The van der Waals surface area contributed by atoms with Crippen molar-refractivity contribution in [3.63, 3.8) is 0 Å². The van der Waals surface area contributed by atoms with E-state index < -0.39 is 0 Å². The third kappa shape index (κ3) is 3.83. The fourth-order valence-electron chi connectivity index (χ4n) is 3.82. The highest BCUT2D eigenvalue weighted by Gasteiger charge is 2.26. The molecule has 1 saturated carbocycles. The molecule has 0 aromatic carbocycles. The highest BCUT2D eigenvalue weighted by Crippen LogP contribution is 2.27. The maximum Gasteiger partial charge on any atom is 0.120 e. The van der Waals surface area contributed by atoms with E-state index >= 15 is 0 Å². The van der Waals surface area contributed by atoms with Gasteiger partial charge in [-0.2, -0.15) is 0 Å². The van der Waals surface area contributed by atoms with Crippen LogP contribution < -0.4 is 5.32 Å². The van der Waals surface area contributed by atoms with Gasteiger partial charge in [-0.25, -0.2) is 4.98 Å². The zero-order valence-corrected chi connectivity index (χ0v) is 12.5. The van der Waals surface area contributed by atoms with Gasteiger partial charge < -0.3 is 10.3 Å². The lowest BCUT2D eigenvalue weighted by Crippen LogP contribution is -2.40. The zero-order chi connectivity index (χ0) is 13.6. The van der Waals surface area contributed by atoms with Crippen molar-refractivity contribution >= 4 is 0 Å². The summed E-state index contributed by atoms with van der Waals surface area (Å²) in [5, 5.41) is 3.56. The number of nitrogens with one attached hydrogen (secondary N) is 2. The first-order chi connectivity index (χ1) is 9.92. The van der Waals surface area contributed by atoms with Crippen LogP contribution in [0.3, 0.4) is 0 Å². The third-order valence-electron chi connectivity index (χ3n) is 4.94. The largest absolute Gasteiger partial charge is 0.348 e. The molecular weight excluding hydrogens is 248 g/mol. The molecule has 0 amide bonds. The summed E-state index contributed by atoms with van der Waals surface area (Å²) in [7, 11) is 0. The average molecular weight is 276 g/mol. The second-order valence-electron chi connectivity index (χ2n) is 6.46. The van der Waals surface area contributed by atoms with Gasteiger partial charge in [0.05, 0.1) is 6.54 Å². The number of H-pyrrole nitrogens is 1. The summed E-state index contributed by atoms with van der Waals surface area (Å²) in [5.41, 5.74) is 0. The molecule has 0 bridgehead atoms.